The molecule has 0 fully saturated rings. The van der Waals surface area contributed by atoms with Crippen molar-refractivity contribution < 1.29 is 75.8 Å². The normalized spacial score (nSPS) is 14.6. The van der Waals surface area contributed by atoms with E-state index < -0.39 is 91.5 Å². The van der Waals surface area contributed by atoms with E-state index in [1.54, 1.807) is 0 Å². The van der Waals surface area contributed by atoms with E-state index in [0.717, 1.165) is 148 Å². The van der Waals surface area contributed by atoms with Gasteiger partial charge in [0.25, 0.3) is 0 Å². The summed E-state index contributed by atoms with van der Waals surface area (Å²) in [6.07, 6.45) is 92.4. The summed E-state index contributed by atoms with van der Waals surface area (Å²) in [4.78, 5) is 58.7. The van der Waals surface area contributed by atoms with Crippen molar-refractivity contribution in [3.05, 3.63) is 122 Å². The monoisotopic (exact) mass is 1490 g/mol. The lowest BCUT2D eigenvalue weighted by Crippen LogP contribution is -2.30. The minimum absolute atomic E-state index is 0.106. The van der Waals surface area contributed by atoms with Crippen LogP contribution >= 0.6 is 15.6 Å². The van der Waals surface area contributed by atoms with Gasteiger partial charge in [-0.15, -0.1) is 0 Å². The van der Waals surface area contributed by atoms with Crippen LogP contribution in [0, 0.1) is 0 Å². The van der Waals surface area contributed by atoms with Crippen LogP contribution in [0.1, 0.15) is 342 Å². The molecule has 0 spiro atoms. The van der Waals surface area contributed by atoms with E-state index in [4.69, 9.17) is 32.3 Å². The Hall–Kier alpha value is -4.05. The van der Waals surface area contributed by atoms with Crippen LogP contribution in [-0.4, -0.2) is 95.9 Å². The van der Waals surface area contributed by atoms with Gasteiger partial charge in [0.05, 0.1) is 26.4 Å². The first-order chi connectivity index (χ1) is 50.2. The zero-order valence-electron chi connectivity index (χ0n) is 65.0. The van der Waals surface area contributed by atoms with Gasteiger partial charge in [-0.2, -0.15) is 0 Å². The van der Waals surface area contributed by atoms with Crippen molar-refractivity contribution in [2.75, 3.05) is 39.6 Å². The number of rotatable bonds is 77. The first kappa shape index (κ1) is 98.9. The third-order valence-corrected chi connectivity index (χ3v) is 19.1. The first-order valence-electron chi connectivity index (χ1n) is 40.8. The van der Waals surface area contributed by atoms with Gasteiger partial charge in [-0.3, -0.25) is 32.5 Å². The fourth-order valence-corrected chi connectivity index (χ4v) is 12.6. The molecule has 0 heterocycles. The van der Waals surface area contributed by atoms with E-state index >= 15 is 0 Å². The molecule has 0 amide bonds. The second-order valence-corrected chi connectivity index (χ2v) is 30.1. The number of phosphoric acid groups is 2. The molecule has 0 aliphatic carbocycles. The summed E-state index contributed by atoms with van der Waals surface area (Å²) in [7, 11) is -9.79. The summed E-state index contributed by atoms with van der Waals surface area (Å²) in [5.41, 5.74) is 0. The van der Waals surface area contributed by atoms with Crippen LogP contribution in [0.15, 0.2) is 122 Å². The van der Waals surface area contributed by atoms with Gasteiger partial charge in [0, 0.05) is 19.3 Å². The Morgan fingerprint density at radius 3 is 0.835 bits per heavy atom. The van der Waals surface area contributed by atoms with Crippen LogP contribution in [0.4, 0.5) is 0 Å². The number of ether oxygens (including phenoxy) is 3. The average Bonchev–Trinajstić information content (AvgIpc) is 0.924. The lowest BCUT2D eigenvalue weighted by Gasteiger charge is -2.21. The highest BCUT2D eigenvalue weighted by molar-refractivity contribution is 7.47. The van der Waals surface area contributed by atoms with E-state index in [0.29, 0.717) is 19.3 Å². The van der Waals surface area contributed by atoms with E-state index in [1.165, 1.54) is 135 Å². The fourth-order valence-electron chi connectivity index (χ4n) is 11.0. The molecule has 5 atom stereocenters. The highest BCUT2D eigenvalue weighted by atomic mass is 31.2. The van der Waals surface area contributed by atoms with Gasteiger partial charge in [0.1, 0.15) is 25.4 Å². The third kappa shape index (κ3) is 78.8. The molecule has 0 saturated heterocycles. The van der Waals surface area contributed by atoms with Crippen molar-refractivity contribution in [1.29, 1.82) is 0 Å². The maximum Gasteiger partial charge on any atom is 0.472 e. The van der Waals surface area contributed by atoms with Gasteiger partial charge in [0.2, 0.25) is 0 Å². The summed E-state index contributed by atoms with van der Waals surface area (Å²) in [5.74, 6) is -1.57. The molecule has 594 valence electrons. The Bertz CT molecular complexity index is 2360. The zero-order chi connectivity index (χ0) is 75.2. The minimum atomic E-state index is -4.93. The number of esters is 3. The number of aliphatic hydroxyl groups excluding tert-OH is 2. The SMILES string of the molecule is CC/C=C\C/C=C\C/C=C\C/C=C\C/C=C\C/C=C\CCCCCCCCCCC(=O)OCC(O)COP(=O)(O)OCC(O)COP(=O)(O)OCC(COC(=O)CCCCCCCCCCCCC/C=C\C/C=C\C/C=C\C/C=C\CCCCC)OC(=O)CCCCCCCCCCCCCCC. The quantitative estimate of drug-likeness (QED) is 0.0146. The highest BCUT2D eigenvalue weighted by Gasteiger charge is 2.29. The Morgan fingerprint density at radius 1 is 0.282 bits per heavy atom. The van der Waals surface area contributed by atoms with Crippen molar-refractivity contribution in [3.8, 4) is 0 Å². The molecule has 18 heteroatoms. The molecule has 0 aliphatic rings. The van der Waals surface area contributed by atoms with Gasteiger partial charge in [0.15, 0.2) is 6.10 Å². The molecule has 0 radical (unpaired) electrons. The summed E-state index contributed by atoms with van der Waals surface area (Å²) < 4.78 is 61.2. The molecule has 0 saturated carbocycles. The maximum absolute atomic E-state index is 13.0. The van der Waals surface area contributed by atoms with E-state index in [2.05, 4.69) is 142 Å². The predicted molar refractivity (Wildman–Crippen MR) is 427 cm³/mol. The number of aliphatic hydroxyl groups is 2. The minimum Gasteiger partial charge on any atom is -0.463 e. The predicted octanol–water partition coefficient (Wildman–Crippen LogP) is 24.1. The zero-order valence-corrected chi connectivity index (χ0v) is 66.7. The Balaban J connectivity index is 4.53. The summed E-state index contributed by atoms with van der Waals surface area (Å²) in [6.45, 7) is 2.56. The van der Waals surface area contributed by atoms with Gasteiger partial charge in [-0.25, -0.2) is 9.13 Å². The van der Waals surface area contributed by atoms with Gasteiger partial charge < -0.3 is 34.2 Å². The molecule has 0 aromatic heterocycles. The Kier molecular flexibility index (Phi) is 74.5. The second kappa shape index (κ2) is 77.6. The second-order valence-electron chi connectivity index (χ2n) is 27.2. The van der Waals surface area contributed by atoms with Crippen molar-refractivity contribution in [2.45, 2.75) is 360 Å². The van der Waals surface area contributed by atoms with Crippen molar-refractivity contribution in [2.24, 2.45) is 0 Å². The van der Waals surface area contributed by atoms with Crippen molar-refractivity contribution in [1.82, 2.24) is 0 Å². The van der Waals surface area contributed by atoms with Crippen LogP contribution in [0.2, 0.25) is 0 Å². The molecule has 0 rings (SSSR count). The Labute approximate surface area is 627 Å². The molecule has 0 aliphatic heterocycles. The molecule has 0 aromatic carbocycles. The van der Waals surface area contributed by atoms with Crippen LogP contribution in [0.3, 0.4) is 0 Å². The smallest absolute Gasteiger partial charge is 0.463 e. The maximum atomic E-state index is 13.0. The number of carbonyl (C=O) groups is 3. The average molecular weight is 1490 g/mol. The number of phosphoric ester groups is 2. The molecule has 16 nitrogen and oxygen atoms in total. The fraction of sp³-hybridized carbons (Fsp3) is 0.729. The van der Waals surface area contributed by atoms with Gasteiger partial charge in [-0.1, -0.05) is 328 Å². The molecule has 0 aromatic rings. The number of hydrogen-bond donors (Lipinski definition) is 4. The lowest BCUT2D eigenvalue weighted by atomic mass is 10.0. The molecular formula is C85H148O16P2. The summed E-state index contributed by atoms with van der Waals surface area (Å²) in [5, 5.41) is 20.6. The molecule has 4 N–H and O–H groups in total. The van der Waals surface area contributed by atoms with Crippen LogP contribution in [0.25, 0.3) is 0 Å². The van der Waals surface area contributed by atoms with Crippen LogP contribution in [0.5, 0.6) is 0 Å². The van der Waals surface area contributed by atoms with Gasteiger partial charge in [-0.05, 0) is 116 Å². The van der Waals surface area contributed by atoms with E-state index in [-0.39, 0.29) is 19.3 Å². The van der Waals surface area contributed by atoms with Crippen LogP contribution < -0.4 is 0 Å². The standard InChI is InChI=1S/C85H148O16P2/c1-4-7-10-13-16-19-22-25-27-29-31-33-35-37-39-41-43-45-47-49-51-54-56-59-62-65-68-71-83(88)95-74-80(86)75-97-102(91,92)98-76-81(87)77-99-103(93,94)100-79-82(101-85(90)73-70-67-64-61-58-53-24-21-18-15-12-9-6-3)78-96-84(89)72-69-66-63-60-57-55-52-50-48-46-44-42-40-38-36-34-32-30-28-26-23-20-17-14-11-8-5-2/h7,10,16-17,19-20,25-28,31-34,37-40,43,45,80-82,86-87H,4-6,8-9,11-15,18,21-24,29-30,35-36,41-42,44,46-79H2,1-3H3,(H,91,92)(H,93,94)/b10-7-,19-16-,20-17-,27-25-,28-26-,33-31-,34-32-,39-37-,40-38-,45-43-. The highest BCUT2D eigenvalue weighted by Crippen LogP contribution is 2.45. The summed E-state index contributed by atoms with van der Waals surface area (Å²) >= 11 is 0. The molecule has 0 bridgehead atoms. The molecule has 5 unspecified atom stereocenters. The van der Waals surface area contributed by atoms with Crippen molar-refractivity contribution in [3.63, 3.8) is 0 Å². The number of hydrogen-bond acceptors (Lipinski definition) is 14. The third-order valence-electron chi connectivity index (χ3n) is 17.2. The van der Waals surface area contributed by atoms with Crippen LogP contribution in [-0.2, 0) is 55.8 Å². The topological polar surface area (TPSA) is 231 Å². The molecule has 103 heavy (non-hydrogen) atoms. The summed E-state index contributed by atoms with van der Waals surface area (Å²) in [6, 6.07) is 0. The first-order valence-corrected chi connectivity index (χ1v) is 43.8. The Morgan fingerprint density at radius 2 is 0.515 bits per heavy atom. The van der Waals surface area contributed by atoms with Crippen molar-refractivity contribution >= 4 is 33.6 Å². The number of carbonyl (C=O) groups excluding carboxylic acids is 3. The number of allylic oxidation sites excluding steroid dienone is 20. The van der Waals surface area contributed by atoms with E-state index in [9.17, 15) is 43.5 Å². The van der Waals surface area contributed by atoms with Gasteiger partial charge >= 0.3 is 33.6 Å². The molecular weight excluding hydrogens is 1340 g/mol. The largest absolute Gasteiger partial charge is 0.472 e. The number of unbranched alkanes of at least 4 members (excludes halogenated alkanes) is 34. The lowest BCUT2D eigenvalue weighted by molar-refractivity contribution is -0.161. The van der Waals surface area contributed by atoms with E-state index in [1.807, 2.05) is 0 Å².